The van der Waals surface area contributed by atoms with Gasteiger partial charge in [-0.05, 0) is 35.9 Å². The molecule has 0 saturated carbocycles. The molecule has 1 aliphatic heterocycles. The quantitative estimate of drug-likeness (QED) is 0.746. The third-order valence-electron chi connectivity index (χ3n) is 4.57. The van der Waals surface area contributed by atoms with E-state index in [0.717, 1.165) is 34.7 Å². The predicted molar refractivity (Wildman–Crippen MR) is 96.9 cm³/mol. The first-order valence-corrected chi connectivity index (χ1v) is 8.39. The molecule has 1 aliphatic rings. The van der Waals surface area contributed by atoms with E-state index in [0.29, 0.717) is 13.0 Å². The highest BCUT2D eigenvalue weighted by Gasteiger charge is 2.24. The van der Waals surface area contributed by atoms with Crippen molar-refractivity contribution in [2.45, 2.75) is 18.9 Å². The van der Waals surface area contributed by atoms with Crippen LogP contribution in [-0.4, -0.2) is 19.6 Å². The molecule has 2 aromatic carbocycles. The summed E-state index contributed by atoms with van der Waals surface area (Å²) in [6.45, 7) is 1.35. The highest BCUT2D eigenvalue weighted by molar-refractivity contribution is 5.94. The molecule has 2 heterocycles. The molecular formula is C20H20N2O3. The number of fused-ring (bicyclic) bond motifs is 2. The largest absolute Gasteiger partial charge is 0.497 e. The first-order chi connectivity index (χ1) is 12.2. The van der Waals surface area contributed by atoms with Gasteiger partial charge in [-0.2, -0.15) is 0 Å². The molecule has 0 saturated heterocycles. The summed E-state index contributed by atoms with van der Waals surface area (Å²) in [7, 11) is 1.65. The number of hydrogen-bond acceptors (Lipinski definition) is 4. The average Bonchev–Trinajstić information content (AvgIpc) is 3.03. The molecule has 5 heteroatoms. The fourth-order valence-electron chi connectivity index (χ4n) is 3.34. The highest BCUT2D eigenvalue weighted by Crippen LogP contribution is 2.31. The number of anilines is 1. The summed E-state index contributed by atoms with van der Waals surface area (Å²) in [5.41, 5.74) is 2.95. The summed E-state index contributed by atoms with van der Waals surface area (Å²) >= 11 is 0. The fraction of sp³-hybridized carbons (Fsp3) is 0.250. The molecule has 25 heavy (non-hydrogen) atoms. The normalized spacial score (nSPS) is 16.5. The second kappa shape index (κ2) is 6.61. The van der Waals surface area contributed by atoms with Crippen LogP contribution in [0.3, 0.4) is 0 Å². The van der Waals surface area contributed by atoms with E-state index in [1.54, 1.807) is 7.11 Å². The molecule has 0 radical (unpaired) electrons. The Bertz CT molecular complexity index is 916. The van der Waals surface area contributed by atoms with Gasteiger partial charge in [0.25, 0.3) is 0 Å². The van der Waals surface area contributed by atoms with Gasteiger partial charge in [0.05, 0.1) is 13.7 Å². The number of hydrogen-bond donors (Lipinski definition) is 2. The van der Waals surface area contributed by atoms with Crippen LogP contribution < -0.4 is 15.4 Å². The van der Waals surface area contributed by atoms with Crippen LogP contribution in [0, 0.1) is 0 Å². The maximum atomic E-state index is 11.9. The van der Waals surface area contributed by atoms with Gasteiger partial charge in [0, 0.05) is 30.0 Å². The molecule has 0 bridgehead atoms. The molecule has 5 nitrogen and oxygen atoms in total. The van der Waals surface area contributed by atoms with Gasteiger partial charge in [-0.15, -0.1) is 0 Å². The smallest absolute Gasteiger partial charge is 0.225 e. The molecule has 128 valence electrons. The lowest BCUT2D eigenvalue weighted by Crippen LogP contribution is -2.29. The highest BCUT2D eigenvalue weighted by atomic mass is 16.5. The van der Waals surface area contributed by atoms with Crippen molar-refractivity contribution in [2.24, 2.45) is 0 Å². The first kappa shape index (κ1) is 15.7. The van der Waals surface area contributed by atoms with Crippen LogP contribution in [0.2, 0.25) is 0 Å². The molecule has 1 aromatic heterocycles. The predicted octanol–water partition coefficient (Wildman–Crippen LogP) is 3.66. The van der Waals surface area contributed by atoms with E-state index in [4.69, 9.17) is 9.15 Å². The summed E-state index contributed by atoms with van der Waals surface area (Å²) in [5, 5.41) is 7.37. The van der Waals surface area contributed by atoms with E-state index in [-0.39, 0.29) is 11.8 Å². The lowest BCUT2D eigenvalue weighted by molar-refractivity contribution is -0.116. The van der Waals surface area contributed by atoms with Crippen molar-refractivity contribution in [1.82, 2.24) is 5.32 Å². The van der Waals surface area contributed by atoms with Crippen LogP contribution >= 0.6 is 0 Å². The molecule has 1 amide bonds. The lowest BCUT2D eigenvalue weighted by atomic mass is 9.90. The number of methoxy groups -OCH3 is 1. The van der Waals surface area contributed by atoms with E-state index in [9.17, 15) is 4.79 Å². The van der Waals surface area contributed by atoms with Gasteiger partial charge < -0.3 is 19.8 Å². The second-order valence-electron chi connectivity index (χ2n) is 6.28. The number of ether oxygens (including phenoxy) is 1. The van der Waals surface area contributed by atoms with E-state index in [1.165, 1.54) is 5.56 Å². The third-order valence-corrected chi connectivity index (χ3v) is 4.57. The number of carbonyl (C=O) groups is 1. The first-order valence-electron chi connectivity index (χ1n) is 8.39. The van der Waals surface area contributed by atoms with E-state index >= 15 is 0 Å². The van der Waals surface area contributed by atoms with Gasteiger partial charge in [-0.25, -0.2) is 0 Å². The molecule has 3 aromatic rings. The monoisotopic (exact) mass is 336 g/mol. The summed E-state index contributed by atoms with van der Waals surface area (Å²) in [4.78, 5) is 11.9. The third kappa shape index (κ3) is 3.23. The van der Waals surface area contributed by atoms with Gasteiger partial charge >= 0.3 is 0 Å². The molecular weight excluding hydrogens is 316 g/mol. The summed E-state index contributed by atoms with van der Waals surface area (Å²) in [6.07, 6.45) is 0.501. The zero-order chi connectivity index (χ0) is 17.2. The van der Waals surface area contributed by atoms with Crippen molar-refractivity contribution in [1.29, 1.82) is 0 Å². The van der Waals surface area contributed by atoms with Gasteiger partial charge in [0.2, 0.25) is 5.91 Å². The topological polar surface area (TPSA) is 63.5 Å². The Kier molecular flexibility index (Phi) is 4.15. The lowest BCUT2D eigenvalue weighted by Gasteiger charge is -2.25. The molecule has 4 rings (SSSR count). The van der Waals surface area contributed by atoms with Gasteiger partial charge in [0.15, 0.2) is 0 Å². The van der Waals surface area contributed by atoms with Gasteiger partial charge in [-0.1, -0.05) is 18.2 Å². The van der Waals surface area contributed by atoms with Crippen LogP contribution in [0.4, 0.5) is 5.69 Å². The fourth-order valence-corrected chi connectivity index (χ4v) is 3.34. The molecule has 0 fully saturated rings. The number of rotatable bonds is 5. The summed E-state index contributed by atoms with van der Waals surface area (Å²) in [6, 6.07) is 15.8. The van der Waals surface area contributed by atoms with Crippen molar-refractivity contribution in [3.63, 3.8) is 0 Å². The zero-order valence-corrected chi connectivity index (χ0v) is 14.0. The maximum absolute atomic E-state index is 11.9. The number of furan rings is 1. The second-order valence-corrected chi connectivity index (χ2v) is 6.28. The van der Waals surface area contributed by atoms with Gasteiger partial charge in [-0.3, -0.25) is 4.79 Å². The Balaban J connectivity index is 1.43. The number of benzene rings is 2. The van der Waals surface area contributed by atoms with Crippen molar-refractivity contribution >= 4 is 22.6 Å². The van der Waals surface area contributed by atoms with Crippen LogP contribution in [-0.2, 0) is 11.3 Å². The standard InChI is InChI=1S/C20H20N2O3/c1-24-15-6-7-19-13(8-15)9-16(25-19)12-21-11-14-10-20(23)22-18-5-3-2-4-17(14)18/h2-9,14,21H,10-12H2,1H3,(H,22,23)/t14-/m1/s1. The number of carbonyl (C=O) groups excluding carboxylic acids is 1. The minimum atomic E-state index is 0.0707. The minimum absolute atomic E-state index is 0.0707. The van der Waals surface area contributed by atoms with E-state index in [1.807, 2.05) is 42.5 Å². The van der Waals surface area contributed by atoms with Crippen LogP contribution in [0.15, 0.2) is 52.9 Å². The Morgan fingerprint density at radius 2 is 2.12 bits per heavy atom. The Morgan fingerprint density at radius 3 is 3.00 bits per heavy atom. The van der Waals surface area contributed by atoms with Crippen molar-refractivity contribution in [3.05, 3.63) is 59.9 Å². The molecule has 1 atom stereocenters. The minimum Gasteiger partial charge on any atom is -0.497 e. The average molecular weight is 336 g/mol. The van der Waals surface area contributed by atoms with E-state index < -0.39 is 0 Å². The van der Waals surface area contributed by atoms with Crippen molar-refractivity contribution < 1.29 is 13.9 Å². The molecule has 0 spiro atoms. The van der Waals surface area contributed by atoms with Crippen molar-refractivity contribution in [2.75, 3.05) is 19.0 Å². The van der Waals surface area contributed by atoms with Crippen LogP contribution in [0.5, 0.6) is 5.75 Å². The summed E-state index contributed by atoms with van der Waals surface area (Å²) < 4.78 is 11.1. The van der Waals surface area contributed by atoms with Crippen LogP contribution in [0.25, 0.3) is 11.0 Å². The molecule has 0 unspecified atom stereocenters. The number of nitrogens with one attached hydrogen (secondary N) is 2. The molecule has 2 N–H and O–H groups in total. The Morgan fingerprint density at radius 1 is 1.24 bits per heavy atom. The van der Waals surface area contributed by atoms with Gasteiger partial charge in [0.1, 0.15) is 17.1 Å². The number of para-hydroxylation sites is 1. The Hall–Kier alpha value is -2.79. The Labute approximate surface area is 146 Å². The molecule has 0 aliphatic carbocycles. The van der Waals surface area contributed by atoms with Crippen molar-refractivity contribution in [3.8, 4) is 5.75 Å². The van der Waals surface area contributed by atoms with E-state index in [2.05, 4.69) is 16.7 Å². The van der Waals surface area contributed by atoms with Crippen LogP contribution in [0.1, 0.15) is 23.7 Å². The SMILES string of the molecule is COc1ccc2oc(CNC[C@H]3CC(=O)Nc4ccccc43)cc2c1. The summed E-state index contributed by atoms with van der Waals surface area (Å²) in [5.74, 6) is 1.94. The maximum Gasteiger partial charge on any atom is 0.225 e. The zero-order valence-electron chi connectivity index (χ0n) is 14.0. The number of amides is 1.